The molecule has 2 rings (SSSR count). The molecular formula is C11H8ClNO. The van der Waals surface area contributed by atoms with Gasteiger partial charge in [0.1, 0.15) is 6.29 Å². The van der Waals surface area contributed by atoms with Gasteiger partial charge in [-0.05, 0) is 17.7 Å². The van der Waals surface area contributed by atoms with E-state index in [-0.39, 0.29) is 0 Å². The zero-order chi connectivity index (χ0) is 9.97. The van der Waals surface area contributed by atoms with Crippen molar-refractivity contribution < 1.29 is 4.79 Å². The Bertz CT molecular complexity index is 482. The Morgan fingerprint density at radius 2 is 2.21 bits per heavy atom. The summed E-state index contributed by atoms with van der Waals surface area (Å²) in [6.07, 6.45) is 2.96. The van der Waals surface area contributed by atoms with E-state index in [1.807, 2.05) is 18.2 Å². The second-order valence-electron chi connectivity index (χ2n) is 3.02. The molecule has 0 aliphatic carbocycles. The van der Waals surface area contributed by atoms with Gasteiger partial charge in [0.25, 0.3) is 0 Å². The van der Waals surface area contributed by atoms with Gasteiger partial charge in [0, 0.05) is 18.0 Å². The molecule has 14 heavy (non-hydrogen) atoms. The Kier molecular flexibility index (Phi) is 2.46. The van der Waals surface area contributed by atoms with Gasteiger partial charge in [-0.2, -0.15) is 0 Å². The first-order valence-corrected chi connectivity index (χ1v) is 4.66. The van der Waals surface area contributed by atoms with Gasteiger partial charge in [-0.15, -0.1) is 0 Å². The monoisotopic (exact) mass is 205 g/mol. The smallest absolute Gasteiger partial charge is 0.124 e. The number of carbonyl (C=O) groups excluding carboxylic acids is 1. The fraction of sp³-hybridized carbons (Fsp3) is 0.0909. The molecule has 3 heteroatoms. The average molecular weight is 206 g/mol. The molecule has 0 unspecified atom stereocenters. The number of halogens is 1. The van der Waals surface area contributed by atoms with Crippen LogP contribution in [0.5, 0.6) is 0 Å². The number of benzene rings is 1. The number of aromatic nitrogens is 1. The summed E-state index contributed by atoms with van der Waals surface area (Å²) in [6, 6.07) is 7.42. The Hall–Kier alpha value is -1.41. The van der Waals surface area contributed by atoms with E-state index in [1.54, 1.807) is 12.3 Å². The Balaban J connectivity index is 2.61. The van der Waals surface area contributed by atoms with Crippen LogP contribution < -0.4 is 0 Å². The van der Waals surface area contributed by atoms with Gasteiger partial charge in [0.2, 0.25) is 0 Å². The molecule has 0 bridgehead atoms. The number of carbonyl (C=O) groups is 1. The zero-order valence-corrected chi connectivity index (χ0v) is 8.16. The van der Waals surface area contributed by atoms with Crippen molar-refractivity contribution >= 4 is 28.8 Å². The van der Waals surface area contributed by atoms with Crippen LogP contribution in [0.25, 0.3) is 10.9 Å². The lowest BCUT2D eigenvalue weighted by Crippen LogP contribution is -1.87. The van der Waals surface area contributed by atoms with E-state index < -0.39 is 0 Å². The first-order valence-electron chi connectivity index (χ1n) is 4.28. The van der Waals surface area contributed by atoms with E-state index >= 15 is 0 Å². The minimum atomic E-state index is 0.421. The molecule has 2 nitrogen and oxygen atoms in total. The molecule has 1 aromatic heterocycles. The van der Waals surface area contributed by atoms with E-state index in [9.17, 15) is 4.79 Å². The van der Waals surface area contributed by atoms with Gasteiger partial charge in [0.15, 0.2) is 0 Å². The molecule has 1 aromatic carbocycles. The summed E-state index contributed by atoms with van der Waals surface area (Å²) >= 11 is 5.98. The second-order valence-corrected chi connectivity index (χ2v) is 3.42. The van der Waals surface area contributed by atoms with E-state index in [0.717, 1.165) is 22.8 Å². The number of hydrogen-bond acceptors (Lipinski definition) is 2. The number of rotatable bonds is 2. The summed E-state index contributed by atoms with van der Waals surface area (Å²) in [5.41, 5.74) is 1.79. The molecule has 0 saturated carbocycles. The Labute approximate surface area is 86.5 Å². The fourth-order valence-corrected chi connectivity index (χ4v) is 1.60. The maximum absolute atomic E-state index is 10.3. The van der Waals surface area contributed by atoms with Crippen LogP contribution in [0.2, 0.25) is 5.02 Å². The average Bonchev–Trinajstić information content (AvgIpc) is 2.18. The molecule has 2 aromatic rings. The van der Waals surface area contributed by atoms with Gasteiger partial charge in [-0.25, -0.2) is 0 Å². The standard InChI is InChI=1S/C11H8ClNO/c12-10-3-5-13-11-7-8(4-6-14)1-2-9(10)11/h1-3,5-7H,4H2. The van der Waals surface area contributed by atoms with Crippen LogP contribution >= 0.6 is 11.6 Å². The minimum Gasteiger partial charge on any atom is -0.303 e. The molecule has 0 spiro atoms. The fourth-order valence-electron chi connectivity index (χ4n) is 1.38. The predicted molar refractivity (Wildman–Crippen MR) is 56.5 cm³/mol. The van der Waals surface area contributed by atoms with Gasteiger partial charge in [-0.3, -0.25) is 4.98 Å². The molecule has 70 valence electrons. The third-order valence-electron chi connectivity index (χ3n) is 2.07. The first kappa shape index (κ1) is 9.16. The van der Waals surface area contributed by atoms with Gasteiger partial charge in [0.05, 0.1) is 10.5 Å². The molecule has 0 atom stereocenters. The third-order valence-corrected chi connectivity index (χ3v) is 2.40. The van der Waals surface area contributed by atoms with E-state index in [4.69, 9.17) is 11.6 Å². The van der Waals surface area contributed by atoms with Crippen molar-refractivity contribution in [2.24, 2.45) is 0 Å². The van der Waals surface area contributed by atoms with Crippen LogP contribution in [0, 0.1) is 0 Å². The van der Waals surface area contributed by atoms with Crippen molar-refractivity contribution in [3.63, 3.8) is 0 Å². The van der Waals surface area contributed by atoms with Crippen molar-refractivity contribution in [1.82, 2.24) is 4.98 Å². The van der Waals surface area contributed by atoms with Crippen molar-refractivity contribution in [1.29, 1.82) is 0 Å². The first-order chi connectivity index (χ1) is 6.81. The van der Waals surface area contributed by atoms with Crippen molar-refractivity contribution in [2.45, 2.75) is 6.42 Å². The zero-order valence-electron chi connectivity index (χ0n) is 7.40. The molecule has 0 amide bonds. The number of fused-ring (bicyclic) bond motifs is 1. The van der Waals surface area contributed by atoms with Crippen LogP contribution in [0.4, 0.5) is 0 Å². The van der Waals surface area contributed by atoms with Crippen LogP contribution in [0.3, 0.4) is 0 Å². The lowest BCUT2D eigenvalue weighted by atomic mass is 10.1. The van der Waals surface area contributed by atoms with Gasteiger partial charge < -0.3 is 4.79 Å². The number of hydrogen-bond donors (Lipinski definition) is 0. The second kappa shape index (κ2) is 3.76. The van der Waals surface area contributed by atoms with Crippen molar-refractivity contribution in [3.05, 3.63) is 41.0 Å². The Morgan fingerprint density at radius 3 is 3.00 bits per heavy atom. The molecular weight excluding hydrogens is 198 g/mol. The highest BCUT2D eigenvalue weighted by molar-refractivity contribution is 6.35. The highest BCUT2D eigenvalue weighted by atomic mass is 35.5. The van der Waals surface area contributed by atoms with Crippen LogP contribution in [0.1, 0.15) is 5.56 Å². The maximum Gasteiger partial charge on any atom is 0.124 e. The van der Waals surface area contributed by atoms with E-state index in [1.165, 1.54) is 0 Å². The van der Waals surface area contributed by atoms with Gasteiger partial charge >= 0.3 is 0 Å². The molecule has 0 aliphatic heterocycles. The number of nitrogens with zero attached hydrogens (tertiary/aromatic N) is 1. The van der Waals surface area contributed by atoms with E-state index in [2.05, 4.69) is 4.98 Å². The Morgan fingerprint density at radius 1 is 1.36 bits per heavy atom. The maximum atomic E-state index is 10.3. The molecule has 1 heterocycles. The van der Waals surface area contributed by atoms with Gasteiger partial charge in [-0.1, -0.05) is 23.7 Å². The molecule has 0 radical (unpaired) electrons. The van der Waals surface area contributed by atoms with Crippen LogP contribution in [-0.4, -0.2) is 11.3 Å². The SMILES string of the molecule is O=CCc1ccc2c(Cl)ccnc2c1. The van der Waals surface area contributed by atoms with Crippen molar-refractivity contribution in [3.8, 4) is 0 Å². The third kappa shape index (κ3) is 1.61. The minimum absolute atomic E-state index is 0.421. The molecule has 0 saturated heterocycles. The molecule has 0 fully saturated rings. The quantitative estimate of drug-likeness (QED) is 0.706. The lowest BCUT2D eigenvalue weighted by Gasteiger charge is -2.01. The number of pyridine rings is 1. The summed E-state index contributed by atoms with van der Waals surface area (Å²) in [4.78, 5) is 14.5. The summed E-state index contributed by atoms with van der Waals surface area (Å²) < 4.78 is 0. The summed E-state index contributed by atoms with van der Waals surface area (Å²) in [5, 5.41) is 1.61. The lowest BCUT2D eigenvalue weighted by molar-refractivity contribution is -0.107. The van der Waals surface area contributed by atoms with Crippen LogP contribution in [0.15, 0.2) is 30.5 Å². The summed E-state index contributed by atoms with van der Waals surface area (Å²) in [5.74, 6) is 0. The predicted octanol–water partition coefficient (Wildman–Crippen LogP) is 2.63. The highest BCUT2D eigenvalue weighted by Crippen LogP contribution is 2.22. The van der Waals surface area contributed by atoms with E-state index in [0.29, 0.717) is 11.4 Å². The molecule has 0 N–H and O–H groups in total. The molecule has 0 aliphatic rings. The topological polar surface area (TPSA) is 30.0 Å². The highest BCUT2D eigenvalue weighted by Gasteiger charge is 2.00. The van der Waals surface area contributed by atoms with Crippen molar-refractivity contribution in [2.75, 3.05) is 0 Å². The van der Waals surface area contributed by atoms with Crippen LogP contribution in [-0.2, 0) is 11.2 Å². The number of aldehydes is 1. The summed E-state index contributed by atoms with van der Waals surface area (Å²) in [6.45, 7) is 0. The normalized spacial score (nSPS) is 10.4. The summed E-state index contributed by atoms with van der Waals surface area (Å²) in [7, 11) is 0. The largest absolute Gasteiger partial charge is 0.303 e.